The molecule has 1 aromatic carbocycles. The number of ether oxygens (including phenoxy) is 1. The Balaban J connectivity index is 2.20. The maximum atomic E-state index is 5.92. The molecule has 1 aromatic rings. The number of nitrogens with one attached hydrogen (secondary N) is 1. The van der Waals surface area contributed by atoms with Crippen molar-refractivity contribution in [3.63, 3.8) is 0 Å². The zero-order valence-corrected chi connectivity index (χ0v) is 9.71. The lowest BCUT2D eigenvalue weighted by atomic mass is 10.2. The van der Waals surface area contributed by atoms with Crippen LogP contribution in [-0.4, -0.2) is 26.6 Å². The molecule has 2 rings (SSSR count). The minimum absolute atomic E-state index is 0.0233. The first-order chi connectivity index (χ1) is 7.18. The number of nitrogens with zero attached hydrogens (tertiary/aromatic N) is 1. The summed E-state index contributed by atoms with van der Waals surface area (Å²) in [7, 11) is 2.01. The normalized spacial score (nSPS) is 20.6. The fourth-order valence-corrected chi connectivity index (χ4v) is 2.03. The van der Waals surface area contributed by atoms with E-state index in [9.17, 15) is 0 Å². The van der Waals surface area contributed by atoms with Gasteiger partial charge in [0.1, 0.15) is 0 Å². The summed E-state index contributed by atoms with van der Waals surface area (Å²) in [6.07, 6.45) is -0.0233. The third kappa shape index (κ3) is 2.25. The van der Waals surface area contributed by atoms with E-state index in [1.807, 2.05) is 32.2 Å². The van der Waals surface area contributed by atoms with Crippen LogP contribution in [0.4, 0.5) is 5.69 Å². The van der Waals surface area contributed by atoms with Crippen LogP contribution in [0.25, 0.3) is 0 Å². The fraction of sp³-hybridized carbons (Fsp3) is 0.455. The van der Waals surface area contributed by atoms with Crippen molar-refractivity contribution in [1.29, 1.82) is 0 Å². The van der Waals surface area contributed by atoms with Crippen LogP contribution in [0, 0.1) is 6.92 Å². The van der Waals surface area contributed by atoms with Gasteiger partial charge in [-0.3, -0.25) is 5.32 Å². The van der Waals surface area contributed by atoms with Crippen LogP contribution in [-0.2, 0) is 4.74 Å². The summed E-state index contributed by atoms with van der Waals surface area (Å²) >= 11 is 5.92. The Labute approximate surface area is 95.0 Å². The van der Waals surface area contributed by atoms with Crippen molar-refractivity contribution in [2.24, 2.45) is 0 Å². The number of hydrogen-bond acceptors (Lipinski definition) is 3. The van der Waals surface area contributed by atoms with Gasteiger partial charge in [-0.25, -0.2) is 0 Å². The van der Waals surface area contributed by atoms with Crippen molar-refractivity contribution in [1.82, 2.24) is 5.32 Å². The van der Waals surface area contributed by atoms with Gasteiger partial charge in [0.25, 0.3) is 0 Å². The van der Waals surface area contributed by atoms with E-state index in [1.54, 1.807) is 0 Å². The molecule has 15 heavy (non-hydrogen) atoms. The van der Waals surface area contributed by atoms with Gasteiger partial charge in [-0.1, -0.05) is 11.6 Å². The molecule has 3 nitrogen and oxygen atoms in total. The first-order valence-electron chi connectivity index (χ1n) is 5.02. The molecule has 0 radical (unpaired) electrons. The zero-order valence-electron chi connectivity index (χ0n) is 8.96. The Bertz CT molecular complexity index is 350. The van der Waals surface area contributed by atoms with Crippen molar-refractivity contribution in [2.75, 3.05) is 25.1 Å². The summed E-state index contributed by atoms with van der Waals surface area (Å²) in [4.78, 5) is 2.08. The molecule has 0 saturated carbocycles. The minimum atomic E-state index is -0.0233. The second-order valence-corrected chi connectivity index (χ2v) is 4.16. The highest BCUT2D eigenvalue weighted by molar-refractivity contribution is 6.30. The van der Waals surface area contributed by atoms with Crippen molar-refractivity contribution >= 4 is 17.3 Å². The number of rotatable bonds is 2. The molecular formula is C11H15ClN2O. The van der Waals surface area contributed by atoms with Gasteiger partial charge >= 0.3 is 0 Å². The van der Waals surface area contributed by atoms with Crippen LogP contribution >= 0.6 is 11.6 Å². The van der Waals surface area contributed by atoms with E-state index in [-0.39, 0.29) is 6.35 Å². The lowest BCUT2D eigenvalue weighted by molar-refractivity contribution is 0.102. The molecule has 1 aliphatic heterocycles. The van der Waals surface area contributed by atoms with E-state index in [4.69, 9.17) is 16.3 Å². The number of halogens is 1. The predicted octanol–water partition coefficient (Wildman–Crippen LogP) is 1.99. The van der Waals surface area contributed by atoms with Gasteiger partial charge in [-0.15, -0.1) is 0 Å². The second-order valence-electron chi connectivity index (χ2n) is 3.72. The Morgan fingerprint density at radius 3 is 2.93 bits per heavy atom. The first-order valence-corrected chi connectivity index (χ1v) is 5.40. The van der Waals surface area contributed by atoms with Crippen LogP contribution < -0.4 is 10.2 Å². The van der Waals surface area contributed by atoms with E-state index < -0.39 is 0 Å². The van der Waals surface area contributed by atoms with E-state index in [0.717, 1.165) is 29.4 Å². The highest BCUT2D eigenvalue weighted by atomic mass is 35.5. The summed E-state index contributed by atoms with van der Waals surface area (Å²) in [6, 6.07) is 5.87. The van der Waals surface area contributed by atoms with Gasteiger partial charge in [0.2, 0.25) is 0 Å². The van der Waals surface area contributed by atoms with Crippen LogP contribution in [0.2, 0.25) is 5.02 Å². The van der Waals surface area contributed by atoms with E-state index in [2.05, 4.69) is 10.2 Å². The van der Waals surface area contributed by atoms with Gasteiger partial charge in [0.05, 0.1) is 6.61 Å². The Morgan fingerprint density at radius 2 is 2.33 bits per heavy atom. The van der Waals surface area contributed by atoms with Crippen molar-refractivity contribution in [2.45, 2.75) is 13.3 Å². The fourth-order valence-electron chi connectivity index (χ4n) is 1.80. The maximum Gasteiger partial charge on any atom is 0.186 e. The molecule has 0 aromatic heterocycles. The van der Waals surface area contributed by atoms with Gasteiger partial charge < -0.3 is 9.64 Å². The monoisotopic (exact) mass is 226 g/mol. The Hall–Kier alpha value is -0.770. The highest BCUT2D eigenvalue weighted by Gasteiger charge is 2.20. The predicted molar refractivity (Wildman–Crippen MR) is 62.3 cm³/mol. The quantitative estimate of drug-likeness (QED) is 0.835. The molecular weight excluding hydrogens is 212 g/mol. The van der Waals surface area contributed by atoms with E-state index >= 15 is 0 Å². The molecule has 1 fully saturated rings. The maximum absolute atomic E-state index is 5.92. The molecule has 0 amide bonds. The Morgan fingerprint density at radius 1 is 1.53 bits per heavy atom. The number of benzene rings is 1. The number of aryl methyl sites for hydroxylation is 1. The highest BCUT2D eigenvalue weighted by Crippen LogP contribution is 2.24. The third-order valence-corrected chi connectivity index (χ3v) is 2.82. The lowest BCUT2D eigenvalue weighted by Gasteiger charge is -2.27. The van der Waals surface area contributed by atoms with E-state index in [1.165, 1.54) is 0 Å². The topological polar surface area (TPSA) is 24.5 Å². The van der Waals surface area contributed by atoms with Gasteiger partial charge in [-0.2, -0.15) is 0 Å². The minimum Gasteiger partial charge on any atom is -0.344 e. The second kappa shape index (κ2) is 4.39. The van der Waals surface area contributed by atoms with Crippen molar-refractivity contribution in [3.8, 4) is 0 Å². The molecule has 82 valence electrons. The molecule has 1 heterocycles. The molecule has 0 aliphatic carbocycles. The first kappa shape index (κ1) is 10.7. The van der Waals surface area contributed by atoms with Gasteiger partial charge in [0, 0.05) is 24.3 Å². The standard InChI is InChI=1S/C11H15ClN2O/c1-8-7-9(12)3-4-10(8)14(2)11-13-5-6-15-11/h3-4,7,11,13H,5-6H2,1-2H3. The molecule has 1 aliphatic rings. The molecule has 1 N–H and O–H groups in total. The van der Waals surface area contributed by atoms with Gasteiger partial charge in [-0.05, 0) is 30.7 Å². The van der Waals surface area contributed by atoms with E-state index in [0.29, 0.717) is 0 Å². The lowest BCUT2D eigenvalue weighted by Crippen LogP contribution is -2.40. The van der Waals surface area contributed by atoms with Crippen molar-refractivity contribution in [3.05, 3.63) is 28.8 Å². The van der Waals surface area contributed by atoms with Crippen LogP contribution in [0.3, 0.4) is 0 Å². The average Bonchev–Trinajstić information content (AvgIpc) is 2.69. The number of anilines is 1. The summed E-state index contributed by atoms with van der Waals surface area (Å²) in [6.45, 7) is 3.72. The van der Waals surface area contributed by atoms with Crippen LogP contribution in [0.15, 0.2) is 18.2 Å². The van der Waals surface area contributed by atoms with Crippen LogP contribution in [0.1, 0.15) is 5.56 Å². The largest absolute Gasteiger partial charge is 0.344 e. The molecule has 4 heteroatoms. The molecule has 1 saturated heterocycles. The summed E-state index contributed by atoms with van der Waals surface area (Å²) in [5, 5.41) is 4.04. The Kier molecular flexibility index (Phi) is 3.14. The van der Waals surface area contributed by atoms with Crippen molar-refractivity contribution < 1.29 is 4.74 Å². The zero-order chi connectivity index (χ0) is 10.8. The summed E-state index contributed by atoms with van der Waals surface area (Å²) in [5.74, 6) is 0. The van der Waals surface area contributed by atoms with Crippen LogP contribution in [0.5, 0.6) is 0 Å². The van der Waals surface area contributed by atoms with Gasteiger partial charge in [0.15, 0.2) is 6.35 Å². The molecule has 1 unspecified atom stereocenters. The summed E-state index contributed by atoms with van der Waals surface area (Å²) in [5.41, 5.74) is 2.29. The number of hydrogen-bond donors (Lipinski definition) is 1. The SMILES string of the molecule is Cc1cc(Cl)ccc1N(C)C1NCCO1. The molecule has 0 bridgehead atoms. The summed E-state index contributed by atoms with van der Waals surface area (Å²) < 4.78 is 5.54. The average molecular weight is 227 g/mol. The third-order valence-electron chi connectivity index (χ3n) is 2.59. The smallest absolute Gasteiger partial charge is 0.186 e. The molecule has 0 spiro atoms. The molecule has 1 atom stereocenters.